The number of rotatable bonds is 2. The summed E-state index contributed by atoms with van der Waals surface area (Å²) in [6.07, 6.45) is 1.84. The number of nitrogens with one attached hydrogen (secondary N) is 2. The molecule has 0 spiro atoms. The second kappa shape index (κ2) is 5.85. The first-order valence-corrected chi connectivity index (χ1v) is 7.47. The van der Waals surface area contributed by atoms with Crippen LogP contribution in [0.3, 0.4) is 0 Å². The first kappa shape index (κ1) is 14.1. The van der Waals surface area contributed by atoms with Crippen molar-refractivity contribution in [1.82, 2.24) is 10.2 Å². The fourth-order valence-corrected chi connectivity index (χ4v) is 3.16. The Balaban J connectivity index is 1.74. The van der Waals surface area contributed by atoms with Gasteiger partial charge in [0, 0.05) is 18.8 Å². The van der Waals surface area contributed by atoms with Crippen molar-refractivity contribution in [3.05, 3.63) is 34.9 Å². The Morgan fingerprint density at radius 3 is 2.86 bits per heavy atom. The molecule has 2 amide bonds. The maximum absolute atomic E-state index is 12.3. The summed E-state index contributed by atoms with van der Waals surface area (Å²) in [5.41, 5.74) is 3.99. The minimum atomic E-state index is -0.00636. The number of benzene rings is 1. The molecule has 2 N–H and O–H groups in total. The van der Waals surface area contributed by atoms with Gasteiger partial charge in [-0.1, -0.05) is 18.2 Å². The average Bonchev–Trinajstić information content (AvgIpc) is 2.91. The summed E-state index contributed by atoms with van der Waals surface area (Å²) in [6.45, 7) is 4.36. The van der Waals surface area contributed by atoms with E-state index >= 15 is 0 Å². The number of morpholine rings is 1. The Morgan fingerprint density at radius 1 is 1.38 bits per heavy atom. The molecule has 3 rings (SSSR count). The molecule has 1 aromatic rings. The summed E-state index contributed by atoms with van der Waals surface area (Å²) in [5, 5.41) is 11.0. The van der Waals surface area contributed by atoms with Gasteiger partial charge in [-0.25, -0.2) is 4.79 Å². The number of urea groups is 1. The molecule has 1 saturated heterocycles. The number of carbonyl (C=O) groups is 1. The lowest BCUT2D eigenvalue weighted by Crippen LogP contribution is -2.46. The summed E-state index contributed by atoms with van der Waals surface area (Å²) >= 11 is 0. The van der Waals surface area contributed by atoms with Crippen molar-refractivity contribution in [1.29, 1.82) is 5.41 Å². The van der Waals surface area contributed by atoms with E-state index in [1.807, 2.05) is 24.0 Å². The van der Waals surface area contributed by atoms with E-state index in [-0.39, 0.29) is 12.1 Å². The number of fused-ring (bicyclic) bond motifs is 1. The van der Waals surface area contributed by atoms with Gasteiger partial charge in [0.2, 0.25) is 0 Å². The second-order valence-electron chi connectivity index (χ2n) is 5.64. The van der Waals surface area contributed by atoms with Gasteiger partial charge in [0.25, 0.3) is 0 Å². The molecule has 5 heteroatoms. The molecule has 5 nitrogen and oxygen atoms in total. The van der Waals surface area contributed by atoms with Crippen LogP contribution in [0.1, 0.15) is 36.1 Å². The van der Waals surface area contributed by atoms with E-state index in [0.29, 0.717) is 32.0 Å². The summed E-state index contributed by atoms with van der Waals surface area (Å²) < 4.78 is 5.27. The smallest absolute Gasteiger partial charge is 0.318 e. The van der Waals surface area contributed by atoms with Gasteiger partial charge in [-0.2, -0.15) is 0 Å². The molecule has 1 aromatic carbocycles. The molecule has 1 aliphatic heterocycles. The lowest BCUT2D eigenvalue weighted by Gasteiger charge is -2.28. The highest BCUT2D eigenvalue weighted by atomic mass is 16.5. The third-order valence-corrected chi connectivity index (χ3v) is 4.27. The molecule has 1 fully saturated rings. The Morgan fingerprint density at radius 2 is 2.14 bits per heavy atom. The molecule has 112 valence electrons. The number of carbonyl (C=O) groups excluding carboxylic acids is 1. The Labute approximate surface area is 124 Å². The Bertz CT molecular complexity index is 565. The highest BCUT2D eigenvalue weighted by molar-refractivity contribution is 5.98. The van der Waals surface area contributed by atoms with Gasteiger partial charge in [-0.15, -0.1) is 0 Å². The fourth-order valence-electron chi connectivity index (χ4n) is 3.16. The van der Waals surface area contributed by atoms with Crippen molar-refractivity contribution < 1.29 is 9.53 Å². The third kappa shape index (κ3) is 2.78. The quantitative estimate of drug-likeness (QED) is 0.818. The van der Waals surface area contributed by atoms with Crippen LogP contribution in [0.5, 0.6) is 0 Å². The zero-order valence-corrected chi connectivity index (χ0v) is 12.3. The molecule has 1 atom stereocenters. The van der Waals surface area contributed by atoms with Crippen LogP contribution in [0, 0.1) is 5.41 Å². The zero-order chi connectivity index (χ0) is 14.8. The van der Waals surface area contributed by atoms with Gasteiger partial charge < -0.3 is 20.4 Å². The largest absolute Gasteiger partial charge is 0.378 e. The number of nitrogens with zero attached hydrogens (tertiary/aromatic N) is 1. The Hall–Kier alpha value is -1.88. The molecule has 1 aliphatic carbocycles. The predicted molar refractivity (Wildman–Crippen MR) is 80.9 cm³/mol. The van der Waals surface area contributed by atoms with Crippen LogP contribution >= 0.6 is 0 Å². The SMILES string of the molecule is CC(=N)c1cccc2c1CCC2NC(=O)N1CCOCC1. The van der Waals surface area contributed by atoms with Gasteiger partial charge in [-0.05, 0) is 36.5 Å². The predicted octanol–water partition coefficient (Wildman–Crippen LogP) is 2.10. The lowest BCUT2D eigenvalue weighted by atomic mass is 9.99. The molecule has 0 aromatic heterocycles. The highest BCUT2D eigenvalue weighted by Gasteiger charge is 2.28. The molecule has 0 bridgehead atoms. The number of ether oxygens (including phenoxy) is 1. The first-order valence-electron chi connectivity index (χ1n) is 7.47. The summed E-state index contributed by atoms with van der Waals surface area (Å²) in [7, 11) is 0. The van der Waals surface area contributed by atoms with Gasteiger partial charge in [0.1, 0.15) is 0 Å². The molecule has 0 radical (unpaired) electrons. The summed E-state index contributed by atoms with van der Waals surface area (Å²) in [6, 6.07) is 6.10. The van der Waals surface area contributed by atoms with Crippen molar-refractivity contribution in [3.8, 4) is 0 Å². The van der Waals surface area contributed by atoms with Gasteiger partial charge in [0.15, 0.2) is 0 Å². The minimum Gasteiger partial charge on any atom is -0.378 e. The maximum Gasteiger partial charge on any atom is 0.318 e. The summed E-state index contributed by atoms with van der Waals surface area (Å²) in [5.74, 6) is 0. The van der Waals surface area contributed by atoms with Crippen molar-refractivity contribution in [3.63, 3.8) is 0 Å². The van der Waals surface area contributed by atoms with E-state index in [1.54, 1.807) is 0 Å². The third-order valence-electron chi connectivity index (χ3n) is 4.27. The topological polar surface area (TPSA) is 65.4 Å². The molecule has 2 aliphatic rings. The van der Waals surface area contributed by atoms with Crippen molar-refractivity contribution in [2.45, 2.75) is 25.8 Å². The van der Waals surface area contributed by atoms with E-state index in [0.717, 1.165) is 18.4 Å². The van der Waals surface area contributed by atoms with Gasteiger partial charge in [0.05, 0.1) is 19.3 Å². The number of hydrogen-bond donors (Lipinski definition) is 2. The van der Waals surface area contributed by atoms with Crippen LogP contribution in [0.25, 0.3) is 0 Å². The normalized spacial score (nSPS) is 21.0. The van der Waals surface area contributed by atoms with Crippen LogP contribution < -0.4 is 5.32 Å². The van der Waals surface area contributed by atoms with Crippen LogP contribution in [0.15, 0.2) is 18.2 Å². The molecule has 1 heterocycles. The van der Waals surface area contributed by atoms with Gasteiger partial charge >= 0.3 is 6.03 Å². The van der Waals surface area contributed by atoms with Crippen LogP contribution in [-0.2, 0) is 11.2 Å². The van der Waals surface area contributed by atoms with Crippen LogP contribution in [0.4, 0.5) is 4.79 Å². The number of amides is 2. The fraction of sp³-hybridized carbons (Fsp3) is 0.500. The molecule has 21 heavy (non-hydrogen) atoms. The second-order valence-corrected chi connectivity index (χ2v) is 5.64. The molecule has 0 saturated carbocycles. The van der Waals surface area contributed by atoms with Crippen molar-refractivity contribution >= 4 is 11.7 Å². The van der Waals surface area contributed by atoms with E-state index in [2.05, 4.69) is 11.4 Å². The standard InChI is InChI=1S/C16H21N3O2/c1-11(17)12-3-2-4-14-13(12)5-6-15(14)18-16(20)19-7-9-21-10-8-19/h2-4,15,17H,5-10H2,1H3,(H,18,20). The van der Waals surface area contributed by atoms with E-state index in [4.69, 9.17) is 10.1 Å². The summed E-state index contributed by atoms with van der Waals surface area (Å²) in [4.78, 5) is 14.1. The molecule has 1 unspecified atom stereocenters. The van der Waals surface area contributed by atoms with Crippen molar-refractivity contribution in [2.24, 2.45) is 0 Å². The first-order chi connectivity index (χ1) is 10.2. The average molecular weight is 287 g/mol. The van der Waals surface area contributed by atoms with Crippen LogP contribution in [-0.4, -0.2) is 42.9 Å². The van der Waals surface area contributed by atoms with E-state index < -0.39 is 0 Å². The zero-order valence-electron chi connectivity index (χ0n) is 12.3. The van der Waals surface area contributed by atoms with Crippen molar-refractivity contribution in [2.75, 3.05) is 26.3 Å². The molecular formula is C16H21N3O2. The monoisotopic (exact) mass is 287 g/mol. The van der Waals surface area contributed by atoms with Crippen LogP contribution in [0.2, 0.25) is 0 Å². The van der Waals surface area contributed by atoms with E-state index in [9.17, 15) is 4.79 Å². The number of hydrogen-bond acceptors (Lipinski definition) is 3. The molecular weight excluding hydrogens is 266 g/mol. The minimum absolute atomic E-state index is 0.00636. The van der Waals surface area contributed by atoms with Gasteiger partial charge in [-0.3, -0.25) is 0 Å². The maximum atomic E-state index is 12.3. The Kier molecular flexibility index (Phi) is 3.92. The lowest BCUT2D eigenvalue weighted by molar-refractivity contribution is 0.0525. The van der Waals surface area contributed by atoms with E-state index in [1.165, 1.54) is 11.1 Å². The highest BCUT2D eigenvalue weighted by Crippen LogP contribution is 2.33.